The van der Waals surface area contributed by atoms with E-state index in [2.05, 4.69) is 5.32 Å². The first-order valence-corrected chi connectivity index (χ1v) is 9.16. The molecule has 0 aromatic heterocycles. The number of benzene rings is 2. The molecule has 5 nitrogen and oxygen atoms in total. The van der Waals surface area contributed by atoms with Gasteiger partial charge in [0, 0.05) is 17.1 Å². The normalized spacial score (nSPS) is 12.0. The molecule has 6 heteroatoms. The number of halogens is 1. The molecule has 27 heavy (non-hydrogen) atoms. The average molecular weight is 391 g/mol. The molecule has 2 aromatic carbocycles. The lowest BCUT2D eigenvalue weighted by Crippen LogP contribution is -2.37. The van der Waals surface area contributed by atoms with Gasteiger partial charge in [0.15, 0.2) is 6.61 Å². The summed E-state index contributed by atoms with van der Waals surface area (Å²) in [6, 6.07) is 11.5. The quantitative estimate of drug-likeness (QED) is 0.745. The largest absolute Gasteiger partial charge is 0.496 e. The van der Waals surface area contributed by atoms with Crippen LogP contribution >= 0.6 is 11.6 Å². The summed E-state index contributed by atoms with van der Waals surface area (Å²) in [4.78, 5) is 14.3. The third-order valence-electron chi connectivity index (χ3n) is 4.39. The molecule has 0 spiro atoms. The van der Waals surface area contributed by atoms with Crippen LogP contribution in [0.2, 0.25) is 5.02 Å². The van der Waals surface area contributed by atoms with E-state index in [0.29, 0.717) is 12.3 Å². The first-order chi connectivity index (χ1) is 12.8. The molecule has 0 saturated heterocycles. The van der Waals surface area contributed by atoms with Crippen molar-refractivity contribution >= 4 is 17.5 Å². The number of carbonyl (C=O) groups excluding carboxylic acids is 1. The number of hydrogen-bond donors (Lipinski definition) is 1. The molecular formula is C21H27ClN2O3. The van der Waals surface area contributed by atoms with Crippen LogP contribution in [0.5, 0.6) is 11.5 Å². The summed E-state index contributed by atoms with van der Waals surface area (Å²) in [5.41, 5.74) is 2.88. The van der Waals surface area contributed by atoms with Crippen LogP contribution in [-0.4, -0.2) is 45.2 Å². The van der Waals surface area contributed by atoms with Crippen molar-refractivity contribution in [2.24, 2.45) is 0 Å². The van der Waals surface area contributed by atoms with Gasteiger partial charge in [-0.3, -0.25) is 4.79 Å². The standard InChI is InChI=1S/C21H27ClN2O3/c1-14-10-16(11-15(2)21(14)22)27-13-20(25)23-12-18(24(3)4)17-8-6-7-9-19(17)26-5/h6-11,18H,12-13H2,1-5H3,(H,23,25)/t18-/m1/s1. The Bertz CT molecular complexity index is 770. The van der Waals surface area contributed by atoms with Gasteiger partial charge in [0.05, 0.1) is 13.2 Å². The Morgan fingerprint density at radius 3 is 2.41 bits per heavy atom. The Labute approximate surface area is 166 Å². The van der Waals surface area contributed by atoms with Gasteiger partial charge in [-0.2, -0.15) is 0 Å². The summed E-state index contributed by atoms with van der Waals surface area (Å²) >= 11 is 6.16. The fourth-order valence-corrected chi connectivity index (χ4v) is 3.02. The van der Waals surface area contributed by atoms with Crippen LogP contribution in [0, 0.1) is 13.8 Å². The van der Waals surface area contributed by atoms with E-state index in [-0.39, 0.29) is 18.6 Å². The Balaban J connectivity index is 1.96. The molecule has 1 amide bonds. The van der Waals surface area contributed by atoms with Crippen LogP contribution in [0.25, 0.3) is 0 Å². The lowest BCUT2D eigenvalue weighted by atomic mass is 10.0. The predicted octanol–water partition coefficient (Wildman–Crippen LogP) is 3.76. The number of nitrogens with zero attached hydrogens (tertiary/aromatic N) is 1. The van der Waals surface area contributed by atoms with Crippen LogP contribution in [0.4, 0.5) is 0 Å². The summed E-state index contributed by atoms with van der Waals surface area (Å²) in [5.74, 6) is 1.26. The minimum Gasteiger partial charge on any atom is -0.496 e. The van der Waals surface area contributed by atoms with E-state index in [4.69, 9.17) is 21.1 Å². The number of likely N-dealkylation sites (N-methyl/N-ethyl adjacent to an activating group) is 1. The second-order valence-electron chi connectivity index (χ2n) is 6.69. The Hall–Kier alpha value is -2.24. The van der Waals surface area contributed by atoms with E-state index in [9.17, 15) is 4.79 Å². The number of methoxy groups -OCH3 is 1. The fraction of sp³-hybridized carbons (Fsp3) is 0.381. The smallest absolute Gasteiger partial charge is 0.258 e. The number of hydrogen-bond acceptors (Lipinski definition) is 4. The third kappa shape index (κ3) is 5.62. The van der Waals surface area contributed by atoms with E-state index in [0.717, 1.165) is 27.5 Å². The Morgan fingerprint density at radius 1 is 1.19 bits per heavy atom. The number of aryl methyl sites for hydroxylation is 2. The zero-order valence-electron chi connectivity index (χ0n) is 16.5. The molecule has 0 unspecified atom stereocenters. The number of amides is 1. The van der Waals surface area contributed by atoms with Gasteiger partial charge in [-0.25, -0.2) is 0 Å². The third-order valence-corrected chi connectivity index (χ3v) is 4.99. The van der Waals surface area contributed by atoms with E-state index in [1.807, 2.05) is 69.2 Å². The lowest BCUT2D eigenvalue weighted by molar-refractivity contribution is -0.123. The molecule has 0 radical (unpaired) electrons. The Kier molecular flexibility index (Phi) is 7.51. The highest BCUT2D eigenvalue weighted by molar-refractivity contribution is 6.32. The maximum absolute atomic E-state index is 12.3. The van der Waals surface area contributed by atoms with Crippen molar-refractivity contribution in [3.63, 3.8) is 0 Å². The number of rotatable bonds is 8. The molecule has 0 saturated carbocycles. The van der Waals surface area contributed by atoms with E-state index >= 15 is 0 Å². The van der Waals surface area contributed by atoms with Crippen molar-refractivity contribution in [3.8, 4) is 11.5 Å². The Morgan fingerprint density at radius 2 is 1.81 bits per heavy atom. The van der Waals surface area contributed by atoms with E-state index in [1.165, 1.54) is 0 Å². The molecule has 0 bridgehead atoms. The van der Waals surface area contributed by atoms with Gasteiger partial charge in [0.1, 0.15) is 11.5 Å². The monoisotopic (exact) mass is 390 g/mol. The van der Waals surface area contributed by atoms with Crippen molar-refractivity contribution in [3.05, 3.63) is 58.1 Å². The van der Waals surface area contributed by atoms with Crippen molar-refractivity contribution in [2.45, 2.75) is 19.9 Å². The van der Waals surface area contributed by atoms with Gasteiger partial charge in [0.25, 0.3) is 5.91 Å². The molecule has 1 atom stereocenters. The van der Waals surface area contributed by atoms with Crippen LogP contribution in [0.15, 0.2) is 36.4 Å². The zero-order valence-corrected chi connectivity index (χ0v) is 17.3. The van der Waals surface area contributed by atoms with Gasteiger partial charge >= 0.3 is 0 Å². The first-order valence-electron chi connectivity index (χ1n) is 8.79. The average Bonchev–Trinajstić information content (AvgIpc) is 2.64. The van der Waals surface area contributed by atoms with E-state index in [1.54, 1.807) is 7.11 Å². The lowest BCUT2D eigenvalue weighted by Gasteiger charge is -2.26. The molecule has 0 aliphatic rings. The number of para-hydroxylation sites is 1. The minimum absolute atomic E-state index is 0.00915. The van der Waals surface area contributed by atoms with Gasteiger partial charge in [-0.1, -0.05) is 29.8 Å². The molecule has 2 aromatic rings. The molecule has 146 valence electrons. The van der Waals surface area contributed by atoms with Gasteiger partial charge in [-0.15, -0.1) is 0 Å². The summed E-state index contributed by atoms with van der Waals surface area (Å²) < 4.78 is 11.1. The first kappa shape index (κ1) is 21.1. The molecule has 1 N–H and O–H groups in total. The highest BCUT2D eigenvalue weighted by Crippen LogP contribution is 2.28. The van der Waals surface area contributed by atoms with Crippen molar-refractivity contribution in [2.75, 3.05) is 34.4 Å². The molecule has 0 aliphatic heterocycles. The SMILES string of the molecule is COc1ccccc1[C@@H](CNC(=O)COc1cc(C)c(Cl)c(C)c1)N(C)C. The second-order valence-corrected chi connectivity index (χ2v) is 7.06. The minimum atomic E-state index is -0.179. The van der Waals surface area contributed by atoms with Gasteiger partial charge < -0.3 is 19.7 Å². The maximum Gasteiger partial charge on any atom is 0.258 e. The number of carbonyl (C=O) groups is 1. The number of nitrogens with one attached hydrogen (secondary N) is 1. The van der Waals surface area contributed by atoms with Crippen LogP contribution in [0.3, 0.4) is 0 Å². The van der Waals surface area contributed by atoms with Crippen molar-refractivity contribution in [1.82, 2.24) is 10.2 Å². The second kappa shape index (κ2) is 9.62. The van der Waals surface area contributed by atoms with Crippen molar-refractivity contribution in [1.29, 1.82) is 0 Å². The van der Waals surface area contributed by atoms with Gasteiger partial charge in [-0.05, 0) is 57.3 Å². The summed E-state index contributed by atoms with van der Waals surface area (Å²) in [5, 5.41) is 3.66. The van der Waals surface area contributed by atoms with Crippen LogP contribution in [0.1, 0.15) is 22.7 Å². The highest BCUT2D eigenvalue weighted by Gasteiger charge is 2.19. The van der Waals surface area contributed by atoms with E-state index < -0.39 is 0 Å². The summed E-state index contributed by atoms with van der Waals surface area (Å²) in [6.45, 7) is 4.23. The fourth-order valence-electron chi connectivity index (χ4n) is 2.91. The molecule has 0 fully saturated rings. The van der Waals surface area contributed by atoms with Crippen LogP contribution < -0.4 is 14.8 Å². The summed E-state index contributed by atoms with van der Waals surface area (Å²) in [6.07, 6.45) is 0. The molecule has 2 rings (SSSR count). The molecule has 0 aliphatic carbocycles. The zero-order chi connectivity index (χ0) is 20.0. The topological polar surface area (TPSA) is 50.8 Å². The van der Waals surface area contributed by atoms with Crippen molar-refractivity contribution < 1.29 is 14.3 Å². The van der Waals surface area contributed by atoms with Gasteiger partial charge in [0.2, 0.25) is 0 Å². The molecule has 0 heterocycles. The maximum atomic E-state index is 12.3. The number of ether oxygens (including phenoxy) is 2. The van der Waals surface area contributed by atoms with Crippen LogP contribution in [-0.2, 0) is 4.79 Å². The predicted molar refractivity (Wildman–Crippen MR) is 109 cm³/mol. The molecular weight excluding hydrogens is 364 g/mol. The summed E-state index contributed by atoms with van der Waals surface area (Å²) in [7, 11) is 5.59. The highest BCUT2D eigenvalue weighted by atomic mass is 35.5.